The summed E-state index contributed by atoms with van der Waals surface area (Å²) in [6.07, 6.45) is -0.478. The first-order valence-corrected chi connectivity index (χ1v) is 7.60. The van der Waals surface area contributed by atoms with E-state index in [1.54, 1.807) is 0 Å². The average molecular weight is 328 g/mol. The van der Waals surface area contributed by atoms with E-state index in [1.807, 2.05) is 0 Å². The van der Waals surface area contributed by atoms with Crippen molar-refractivity contribution in [3.8, 4) is 0 Å². The van der Waals surface area contributed by atoms with Gasteiger partial charge in [0.2, 0.25) is 10.0 Å². The van der Waals surface area contributed by atoms with Crippen LogP contribution in [0.15, 0.2) is 17.0 Å². The van der Waals surface area contributed by atoms with E-state index in [4.69, 9.17) is 21.1 Å². The van der Waals surface area contributed by atoms with Crippen LogP contribution in [0, 0.1) is 11.6 Å². The predicted octanol–water partition coefficient (Wildman–Crippen LogP) is 1.31. The highest BCUT2D eigenvalue weighted by atomic mass is 35.5. The first kappa shape index (κ1) is 15.6. The minimum Gasteiger partial charge on any atom is -0.376 e. The fourth-order valence-electron chi connectivity index (χ4n) is 1.68. The number of ether oxygens (including phenoxy) is 2. The van der Waals surface area contributed by atoms with Crippen molar-refractivity contribution in [2.75, 3.05) is 26.4 Å². The highest BCUT2D eigenvalue weighted by Crippen LogP contribution is 2.26. The standard InChI is InChI=1S/C11H12ClF2NO4S/c12-8-1-2-9(13)10(14)11(8)20(16,17)15-5-7-6-18-3-4-19-7/h1-2,7,15H,3-6H2. The smallest absolute Gasteiger partial charge is 0.245 e. The number of nitrogens with one attached hydrogen (secondary N) is 1. The maximum atomic E-state index is 13.6. The highest BCUT2D eigenvalue weighted by Gasteiger charge is 2.26. The molecule has 1 atom stereocenters. The van der Waals surface area contributed by atoms with Crippen molar-refractivity contribution in [1.82, 2.24) is 4.72 Å². The largest absolute Gasteiger partial charge is 0.376 e. The molecule has 1 unspecified atom stereocenters. The van der Waals surface area contributed by atoms with Gasteiger partial charge in [0, 0.05) is 6.54 Å². The van der Waals surface area contributed by atoms with Gasteiger partial charge >= 0.3 is 0 Å². The zero-order valence-corrected chi connectivity index (χ0v) is 11.8. The molecule has 1 saturated heterocycles. The summed E-state index contributed by atoms with van der Waals surface area (Å²) in [4.78, 5) is -0.907. The second-order valence-electron chi connectivity index (χ2n) is 4.09. The Hall–Kier alpha value is -0.800. The molecule has 1 aliphatic rings. The van der Waals surface area contributed by atoms with Gasteiger partial charge in [-0.1, -0.05) is 11.6 Å². The minimum absolute atomic E-state index is 0.116. The van der Waals surface area contributed by atoms with E-state index in [2.05, 4.69) is 4.72 Å². The molecule has 2 rings (SSSR count). The third-order valence-electron chi connectivity index (χ3n) is 2.66. The van der Waals surface area contributed by atoms with Gasteiger partial charge in [0.25, 0.3) is 0 Å². The Bertz CT molecular complexity index is 590. The zero-order chi connectivity index (χ0) is 14.8. The maximum Gasteiger partial charge on any atom is 0.245 e. The van der Waals surface area contributed by atoms with Gasteiger partial charge in [0.15, 0.2) is 11.6 Å². The Kier molecular flexibility index (Phi) is 4.92. The van der Waals surface area contributed by atoms with Crippen LogP contribution in [0.2, 0.25) is 5.02 Å². The van der Waals surface area contributed by atoms with Crippen molar-refractivity contribution in [1.29, 1.82) is 0 Å². The van der Waals surface area contributed by atoms with E-state index in [-0.39, 0.29) is 13.2 Å². The van der Waals surface area contributed by atoms with Gasteiger partial charge in [-0.3, -0.25) is 0 Å². The molecule has 5 nitrogen and oxygen atoms in total. The van der Waals surface area contributed by atoms with E-state index in [1.165, 1.54) is 0 Å². The molecular formula is C11H12ClF2NO4S. The topological polar surface area (TPSA) is 64.6 Å². The molecule has 0 aliphatic carbocycles. The summed E-state index contributed by atoms with van der Waals surface area (Å²) >= 11 is 5.63. The molecule has 1 N–H and O–H groups in total. The van der Waals surface area contributed by atoms with Gasteiger partial charge in [-0.25, -0.2) is 21.9 Å². The lowest BCUT2D eigenvalue weighted by Gasteiger charge is -2.23. The van der Waals surface area contributed by atoms with Crippen LogP contribution in [-0.4, -0.2) is 40.9 Å². The molecule has 0 radical (unpaired) electrons. The molecule has 20 heavy (non-hydrogen) atoms. The van der Waals surface area contributed by atoms with Crippen LogP contribution < -0.4 is 4.72 Å². The Morgan fingerprint density at radius 3 is 2.75 bits per heavy atom. The lowest BCUT2D eigenvalue weighted by Crippen LogP contribution is -2.40. The summed E-state index contributed by atoms with van der Waals surface area (Å²) < 4.78 is 63.1. The molecular weight excluding hydrogens is 316 g/mol. The summed E-state index contributed by atoms with van der Waals surface area (Å²) in [6.45, 7) is 0.894. The first-order valence-electron chi connectivity index (χ1n) is 5.74. The van der Waals surface area contributed by atoms with Crippen LogP contribution in [0.1, 0.15) is 0 Å². The molecule has 0 amide bonds. The van der Waals surface area contributed by atoms with Crippen molar-refractivity contribution in [3.05, 3.63) is 28.8 Å². The monoisotopic (exact) mass is 327 g/mol. The number of hydrogen-bond acceptors (Lipinski definition) is 4. The van der Waals surface area contributed by atoms with Gasteiger partial charge in [-0.05, 0) is 12.1 Å². The molecule has 112 valence electrons. The van der Waals surface area contributed by atoms with E-state index < -0.39 is 37.7 Å². The average Bonchev–Trinajstić information content (AvgIpc) is 2.42. The van der Waals surface area contributed by atoms with Crippen molar-refractivity contribution in [2.24, 2.45) is 0 Å². The van der Waals surface area contributed by atoms with E-state index in [0.29, 0.717) is 13.2 Å². The van der Waals surface area contributed by atoms with Crippen molar-refractivity contribution in [2.45, 2.75) is 11.0 Å². The molecule has 1 aliphatic heterocycles. The molecule has 1 heterocycles. The Labute approximate surface area is 119 Å². The maximum absolute atomic E-state index is 13.6. The summed E-state index contributed by atoms with van der Waals surface area (Å²) in [5.41, 5.74) is 0. The third-order valence-corrected chi connectivity index (χ3v) is 4.57. The molecule has 1 aromatic rings. The van der Waals surface area contributed by atoms with Crippen LogP contribution in [0.4, 0.5) is 8.78 Å². The van der Waals surface area contributed by atoms with Gasteiger partial charge in [0.05, 0.1) is 30.9 Å². The van der Waals surface area contributed by atoms with Crippen LogP contribution in [0.3, 0.4) is 0 Å². The molecule has 1 aromatic carbocycles. The molecule has 0 aromatic heterocycles. The second-order valence-corrected chi connectivity index (χ2v) is 6.20. The highest BCUT2D eigenvalue weighted by molar-refractivity contribution is 7.89. The summed E-state index contributed by atoms with van der Waals surface area (Å²) in [6, 6.07) is 1.74. The SMILES string of the molecule is O=S(=O)(NCC1COCCO1)c1c(Cl)ccc(F)c1F. The van der Waals surface area contributed by atoms with E-state index in [9.17, 15) is 17.2 Å². The fraction of sp³-hybridized carbons (Fsp3) is 0.455. The van der Waals surface area contributed by atoms with Crippen molar-refractivity contribution in [3.63, 3.8) is 0 Å². The molecule has 0 bridgehead atoms. The van der Waals surface area contributed by atoms with E-state index in [0.717, 1.165) is 12.1 Å². The molecule has 0 spiro atoms. The normalized spacial score (nSPS) is 20.1. The predicted molar refractivity (Wildman–Crippen MR) is 67.1 cm³/mol. The Morgan fingerprint density at radius 1 is 1.35 bits per heavy atom. The van der Waals surface area contributed by atoms with Crippen molar-refractivity contribution >= 4 is 21.6 Å². The second kappa shape index (κ2) is 6.31. The molecule has 9 heteroatoms. The number of rotatable bonds is 4. The Balaban J connectivity index is 2.16. The summed E-state index contributed by atoms with van der Waals surface area (Å²) in [5.74, 6) is -2.79. The number of benzene rings is 1. The lowest BCUT2D eigenvalue weighted by atomic mass is 10.3. The van der Waals surface area contributed by atoms with Crippen LogP contribution in [-0.2, 0) is 19.5 Å². The van der Waals surface area contributed by atoms with Crippen LogP contribution in [0.5, 0.6) is 0 Å². The third kappa shape index (κ3) is 3.44. The molecule has 0 saturated carbocycles. The number of halogens is 3. The Morgan fingerprint density at radius 2 is 2.10 bits per heavy atom. The van der Waals surface area contributed by atoms with Gasteiger partial charge in [-0.15, -0.1) is 0 Å². The first-order chi connectivity index (χ1) is 9.42. The minimum atomic E-state index is -4.28. The van der Waals surface area contributed by atoms with Gasteiger partial charge in [0.1, 0.15) is 4.90 Å². The summed E-state index contributed by atoms with van der Waals surface area (Å²) in [7, 11) is -4.28. The molecule has 1 fully saturated rings. The van der Waals surface area contributed by atoms with Gasteiger partial charge < -0.3 is 9.47 Å². The summed E-state index contributed by atoms with van der Waals surface area (Å²) in [5, 5.41) is -0.391. The zero-order valence-electron chi connectivity index (χ0n) is 10.2. The van der Waals surface area contributed by atoms with E-state index >= 15 is 0 Å². The fourth-order valence-corrected chi connectivity index (χ4v) is 3.34. The van der Waals surface area contributed by atoms with Gasteiger partial charge in [-0.2, -0.15) is 0 Å². The van der Waals surface area contributed by atoms with Crippen LogP contribution >= 0.6 is 11.6 Å². The van der Waals surface area contributed by atoms with Crippen LogP contribution in [0.25, 0.3) is 0 Å². The lowest BCUT2D eigenvalue weighted by molar-refractivity contribution is -0.0847. The number of sulfonamides is 1. The number of hydrogen-bond donors (Lipinski definition) is 1. The van der Waals surface area contributed by atoms with Crippen molar-refractivity contribution < 1.29 is 26.7 Å². The quantitative estimate of drug-likeness (QED) is 0.847.